The molecule has 5 nitrogen and oxygen atoms in total. The highest BCUT2D eigenvalue weighted by Crippen LogP contribution is 2.51. The Morgan fingerprint density at radius 3 is 1.28 bits per heavy atom. The van der Waals surface area contributed by atoms with Crippen LogP contribution in [0.2, 0.25) is 0 Å². The molecule has 8 aromatic rings. The van der Waals surface area contributed by atoms with Gasteiger partial charge in [-0.1, -0.05) is 117 Å². The summed E-state index contributed by atoms with van der Waals surface area (Å²) in [6, 6.07) is 69.2. The standard InChI is InChI=1S/C28H27NO2.C28H25NO/c1-28(2,30)27-19-18-25(31-3)20-26(27)21-14-16-24(17-15-21)29(22-10-6-4-7-11-22)23-12-8-5-9-13-23;1-28(2)26-17-15-23(30-3)19-25(26)24-16-14-22(18-27(24)28)29(20-10-6-4-7-11-20)21-12-8-5-9-13-21/h4-20,30H,1-3H3;4-19H,1-3H3. The Bertz CT molecular complexity index is 2630. The highest BCUT2D eigenvalue weighted by molar-refractivity contribution is 5.86. The molecular formula is C56H52N2O3. The minimum atomic E-state index is -0.958. The predicted octanol–water partition coefficient (Wildman–Crippen LogP) is 14.5. The van der Waals surface area contributed by atoms with Crippen LogP contribution in [-0.2, 0) is 11.0 Å². The second-order valence-electron chi connectivity index (χ2n) is 16.3. The van der Waals surface area contributed by atoms with Crippen LogP contribution in [0.25, 0.3) is 22.3 Å². The molecule has 1 N–H and O–H groups in total. The van der Waals surface area contributed by atoms with Crippen LogP contribution in [0.4, 0.5) is 34.1 Å². The number of aliphatic hydroxyl groups is 1. The van der Waals surface area contributed by atoms with Crippen LogP contribution >= 0.6 is 0 Å². The van der Waals surface area contributed by atoms with E-state index in [2.05, 4.69) is 169 Å². The van der Waals surface area contributed by atoms with Crippen molar-refractivity contribution in [2.75, 3.05) is 24.0 Å². The van der Waals surface area contributed by atoms with Crippen LogP contribution < -0.4 is 19.3 Å². The van der Waals surface area contributed by atoms with Gasteiger partial charge in [-0.15, -0.1) is 0 Å². The molecule has 1 aliphatic rings. The van der Waals surface area contributed by atoms with E-state index >= 15 is 0 Å². The summed E-state index contributed by atoms with van der Waals surface area (Å²) < 4.78 is 10.9. The molecule has 8 aromatic carbocycles. The number of ether oxygens (including phenoxy) is 2. The van der Waals surface area contributed by atoms with Crippen molar-refractivity contribution >= 4 is 34.1 Å². The lowest BCUT2D eigenvalue weighted by atomic mass is 9.82. The number of fused-ring (bicyclic) bond motifs is 3. The number of anilines is 6. The van der Waals surface area contributed by atoms with Crippen LogP contribution in [0.1, 0.15) is 44.4 Å². The molecule has 0 amide bonds. The second kappa shape index (κ2) is 17.3. The average Bonchev–Trinajstić information content (AvgIpc) is 3.52. The Labute approximate surface area is 360 Å². The van der Waals surface area contributed by atoms with Crippen molar-refractivity contribution in [3.05, 3.63) is 217 Å². The van der Waals surface area contributed by atoms with Gasteiger partial charge in [0.2, 0.25) is 0 Å². The topological polar surface area (TPSA) is 45.2 Å². The molecule has 0 fully saturated rings. The van der Waals surface area contributed by atoms with E-state index in [1.54, 1.807) is 28.1 Å². The molecule has 0 saturated heterocycles. The molecule has 0 atom stereocenters. The minimum absolute atomic E-state index is 0.0635. The monoisotopic (exact) mass is 800 g/mol. The van der Waals surface area contributed by atoms with Gasteiger partial charge in [0.15, 0.2) is 0 Å². The smallest absolute Gasteiger partial charge is 0.119 e. The van der Waals surface area contributed by atoms with Gasteiger partial charge in [-0.2, -0.15) is 0 Å². The zero-order valence-corrected chi connectivity index (χ0v) is 35.7. The van der Waals surface area contributed by atoms with Crippen molar-refractivity contribution in [1.29, 1.82) is 0 Å². The van der Waals surface area contributed by atoms with Gasteiger partial charge in [0.25, 0.3) is 0 Å². The summed E-state index contributed by atoms with van der Waals surface area (Å²) in [6.45, 7) is 8.23. The Hall–Kier alpha value is -7.08. The quantitative estimate of drug-likeness (QED) is 0.149. The predicted molar refractivity (Wildman–Crippen MR) is 254 cm³/mol. The third kappa shape index (κ3) is 8.39. The van der Waals surface area contributed by atoms with Crippen LogP contribution in [0.15, 0.2) is 200 Å². The summed E-state index contributed by atoms with van der Waals surface area (Å²) in [5.41, 5.74) is 13.8. The Balaban J connectivity index is 0.000000168. The molecule has 5 heteroatoms. The fourth-order valence-electron chi connectivity index (χ4n) is 8.40. The summed E-state index contributed by atoms with van der Waals surface area (Å²) in [6.07, 6.45) is 0. The Morgan fingerprint density at radius 2 is 0.820 bits per heavy atom. The summed E-state index contributed by atoms with van der Waals surface area (Å²) in [7, 11) is 3.38. The Morgan fingerprint density at radius 1 is 0.410 bits per heavy atom. The van der Waals surface area contributed by atoms with Gasteiger partial charge in [-0.3, -0.25) is 0 Å². The number of benzene rings is 8. The average molecular weight is 801 g/mol. The van der Waals surface area contributed by atoms with Crippen molar-refractivity contribution in [1.82, 2.24) is 0 Å². The summed E-state index contributed by atoms with van der Waals surface area (Å²) in [5.74, 6) is 1.67. The van der Waals surface area contributed by atoms with E-state index < -0.39 is 5.60 Å². The van der Waals surface area contributed by atoms with E-state index in [0.29, 0.717) is 0 Å². The molecule has 304 valence electrons. The lowest BCUT2D eigenvalue weighted by Crippen LogP contribution is -2.16. The van der Waals surface area contributed by atoms with Crippen LogP contribution in [0, 0.1) is 0 Å². The number of rotatable bonds is 10. The zero-order chi connectivity index (χ0) is 42.6. The summed E-state index contributed by atoms with van der Waals surface area (Å²) in [5, 5.41) is 10.7. The van der Waals surface area contributed by atoms with Crippen molar-refractivity contribution in [3.63, 3.8) is 0 Å². The molecule has 0 aromatic heterocycles. The third-order valence-corrected chi connectivity index (χ3v) is 11.5. The number of para-hydroxylation sites is 4. The molecule has 0 bridgehead atoms. The molecule has 0 radical (unpaired) electrons. The zero-order valence-electron chi connectivity index (χ0n) is 35.7. The van der Waals surface area contributed by atoms with E-state index in [-0.39, 0.29) is 5.41 Å². The Kier molecular flexibility index (Phi) is 11.5. The first-order valence-electron chi connectivity index (χ1n) is 20.7. The maximum atomic E-state index is 10.7. The van der Waals surface area contributed by atoms with Gasteiger partial charge in [0, 0.05) is 39.5 Å². The van der Waals surface area contributed by atoms with Gasteiger partial charge >= 0.3 is 0 Å². The van der Waals surface area contributed by atoms with Crippen LogP contribution in [0.5, 0.6) is 11.5 Å². The normalized spacial score (nSPS) is 12.3. The second-order valence-corrected chi connectivity index (χ2v) is 16.3. The molecule has 9 rings (SSSR count). The van der Waals surface area contributed by atoms with E-state index in [9.17, 15) is 5.11 Å². The number of nitrogens with zero attached hydrogens (tertiary/aromatic N) is 2. The van der Waals surface area contributed by atoms with Gasteiger partial charge in [0.1, 0.15) is 11.5 Å². The highest BCUT2D eigenvalue weighted by atomic mass is 16.5. The summed E-state index contributed by atoms with van der Waals surface area (Å²) >= 11 is 0. The molecule has 61 heavy (non-hydrogen) atoms. The van der Waals surface area contributed by atoms with Crippen LogP contribution in [0.3, 0.4) is 0 Å². The number of hydrogen-bond acceptors (Lipinski definition) is 5. The molecule has 0 aliphatic heterocycles. The van der Waals surface area contributed by atoms with Gasteiger partial charge < -0.3 is 24.4 Å². The lowest BCUT2D eigenvalue weighted by Gasteiger charge is -2.28. The van der Waals surface area contributed by atoms with Gasteiger partial charge in [-0.25, -0.2) is 0 Å². The van der Waals surface area contributed by atoms with E-state index in [1.165, 1.54) is 27.9 Å². The SMILES string of the molecule is COc1ccc(C(C)(C)O)c(-c2ccc(N(c3ccccc3)c3ccccc3)cc2)c1.COc1ccc2c(c1)-c1ccc(N(c3ccccc3)c3ccccc3)cc1C2(C)C. The first-order valence-corrected chi connectivity index (χ1v) is 20.7. The van der Waals surface area contributed by atoms with Gasteiger partial charge in [0.05, 0.1) is 19.8 Å². The molecule has 0 spiro atoms. The molecule has 0 unspecified atom stereocenters. The molecular weight excluding hydrogens is 749 g/mol. The van der Waals surface area contributed by atoms with E-state index in [1.807, 2.05) is 54.6 Å². The maximum absolute atomic E-state index is 10.7. The van der Waals surface area contributed by atoms with Crippen molar-refractivity contribution in [2.24, 2.45) is 0 Å². The van der Waals surface area contributed by atoms with E-state index in [0.717, 1.165) is 56.6 Å². The maximum Gasteiger partial charge on any atom is 0.119 e. The van der Waals surface area contributed by atoms with E-state index in [4.69, 9.17) is 9.47 Å². The molecule has 0 saturated carbocycles. The van der Waals surface area contributed by atoms with Crippen molar-refractivity contribution in [3.8, 4) is 33.8 Å². The first-order chi connectivity index (χ1) is 29.6. The lowest BCUT2D eigenvalue weighted by molar-refractivity contribution is 0.0791. The highest BCUT2D eigenvalue weighted by Gasteiger charge is 2.36. The van der Waals surface area contributed by atoms with Crippen molar-refractivity contribution in [2.45, 2.75) is 38.7 Å². The molecule has 0 heterocycles. The third-order valence-electron chi connectivity index (χ3n) is 11.5. The first kappa shape index (κ1) is 40.7. The van der Waals surface area contributed by atoms with Gasteiger partial charge in [-0.05, 0) is 150 Å². The summed E-state index contributed by atoms with van der Waals surface area (Å²) in [4.78, 5) is 4.55. The number of hydrogen-bond donors (Lipinski definition) is 1. The van der Waals surface area contributed by atoms with Crippen LogP contribution in [-0.4, -0.2) is 19.3 Å². The molecule has 1 aliphatic carbocycles. The number of methoxy groups -OCH3 is 2. The fraction of sp³-hybridized carbons (Fsp3) is 0.143. The van der Waals surface area contributed by atoms with Crippen molar-refractivity contribution < 1.29 is 14.6 Å². The minimum Gasteiger partial charge on any atom is -0.497 e. The largest absolute Gasteiger partial charge is 0.497 e. The fourth-order valence-corrected chi connectivity index (χ4v) is 8.40.